The van der Waals surface area contributed by atoms with E-state index in [-0.39, 0.29) is 39.8 Å². The van der Waals surface area contributed by atoms with Gasteiger partial charge < -0.3 is 32.5 Å². The van der Waals surface area contributed by atoms with Gasteiger partial charge in [0.05, 0.1) is 0 Å². The number of fused-ring (bicyclic) bond motifs is 1. The molecule has 8 N–H and O–H groups in total. The van der Waals surface area contributed by atoms with Crippen molar-refractivity contribution in [1.82, 2.24) is 25.2 Å². The Hall–Kier alpha value is -3.83. The molecule has 188 valence electrons. The molecule has 2 atom stereocenters. The molecule has 0 radical (unpaired) electrons. The maximum atomic E-state index is 12.9. The average Bonchev–Trinajstić information content (AvgIpc) is 3.25. The number of β-lactam (4-membered cyclic amide) rings is 1. The number of nitrogen functional groups attached to an aromatic ring is 3. The second kappa shape index (κ2) is 10.4. The van der Waals surface area contributed by atoms with Gasteiger partial charge in [-0.05, 0) is 17.1 Å². The van der Waals surface area contributed by atoms with Crippen molar-refractivity contribution in [2.45, 2.75) is 16.4 Å². The minimum absolute atomic E-state index is 0.0172. The molecule has 1 saturated heterocycles. The number of hydrogen-bond acceptors (Lipinski definition) is 14. The fourth-order valence-corrected chi connectivity index (χ4v) is 5.95. The Morgan fingerprint density at radius 2 is 2.11 bits per heavy atom. The molecule has 1 fully saturated rings. The number of anilines is 3. The van der Waals surface area contributed by atoms with Crippen LogP contribution in [0.25, 0.3) is 0 Å². The van der Waals surface area contributed by atoms with E-state index < -0.39 is 29.2 Å². The number of nitrogens with two attached hydrogens (primary N) is 3. The van der Waals surface area contributed by atoms with E-state index in [0.29, 0.717) is 10.6 Å². The molecular formula is C19H19N9O5S3. The Bertz CT molecular complexity index is 1310. The summed E-state index contributed by atoms with van der Waals surface area (Å²) in [6.45, 7) is 0. The van der Waals surface area contributed by atoms with E-state index in [0.717, 1.165) is 16.2 Å². The Kier molecular flexibility index (Phi) is 7.32. The van der Waals surface area contributed by atoms with Gasteiger partial charge >= 0.3 is 5.97 Å². The molecule has 4 heterocycles. The summed E-state index contributed by atoms with van der Waals surface area (Å²) in [4.78, 5) is 55.5. The number of nitrogens with one attached hydrogen (secondary N) is 1. The van der Waals surface area contributed by atoms with E-state index in [1.807, 2.05) is 0 Å². The van der Waals surface area contributed by atoms with Crippen LogP contribution in [0.5, 0.6) is 0 Å². The zero-order valence-corrected chi connectivity index (χ0v) is 20.9. The number of allylic oxidation sites excluding steroid dienone is 1. The summed E-state index contributed by atoms with van der Waals surface area (Å²) in [6, 6.07) is 0.568. The summed E-state index contributed by atoms with van der Waals surface area (Å²) >= 11 is 3.59. The van der Waals surface area contributed by atoms with Crippen LogP contribution in [0.3, 0.4) is 0 Å². The number of carbonyl (C=O) groups excluding carboxylic acids is 2. The number of carbonyl (C=O) groups is 3. The third kappa shape index (κ3) is 5.07. The molecule has 2 amide bonds. The van der Waals surface area contributed by atoms with Gasteiger partial charge in [0, 0.05) is 17.2 Å². The number of carboxylic acids is 1. The summed E-state index contributed by atoms with van der Waals surface area (Å²) in [5, 5.41) is 19.4. The number of nitrogens with zero attached hydrogens (tertiary/aromatic N) is 5. The lowest BCUT2D eigenvalue weighted by molar-refractivity contribution is -0.150. The highest BCUT2D eigenvalue weighted by Gasteiger charge is 2.54. The van der Waals surface area contributed by atoms with Crippen molar-refractivity contribution < 1.29 is 24.3 Å². The molecule has 0 saturated carbocycles. The molecule has 2 aromatic heterocycles. The predicted octanol–water partition coefficient (Wildman–Crippen LogP) is 0.0748. The standard InChI is InChI=1S/C19H19N9O5S3/c1-33-27-11(8-6-36-19(22)23-8)14(29)26-12-15(30)28-13(17(31)32)7(5-35-16(12)28)2-3-34-10-4-9(20)24-18(21)25-10/h2-4,6,12,16H,5H2,1H3,(H2,22,23)(H,26,29)(H,31,32)(H4,20,21,24,25)/b3-2+,27-11-/t12-,16-/m1/s1. The van der Waals surface area contributed by atoms with E-state index in [1.165, 1.54) is 42.1 Å². The van der Waals surface area contributed by atoms with Crippen molar-refractivity contribution >= 4 is 75.3 Å². The van der Waals surface area contributed by atoms with Crippen LogP contribution in [0.2, 0.25) is 0 Å². The summed E-state index contributed by atoms with van der Waals surface area (Å²) < 4.78 is 0. The Morgan fingerprint density at radius 1 is 1.33 bits per heavy atom. The molecule has 4 rings (SSSR count). The smallest absolute Gasteiger partial charge is 0.352 e. The van der Waals surface area contributed by atoms with Gasteiger partial charge in [0.1, 0.15) is 40.8 Å². The Labute approximate surface area is 216 Å². The highest BCUT2D eigenvalue weighted by molar-refractivity contribution is 8.02. The van der Waals surface area contributed by atoms with Gasteiger partial charge in [-0.15, -0.1) is 23.1 Å². The molecule has 0 unspecified atom stereocenters. The van der Waals surface area contributed by atoms with Gasteiger partial charge in [-0.1, -0.05) is 16.9 Å². The number of amides is 2. The number of aromatic nitrogens is 3. The lowest BCUT2D eigenvalue weighted by Gasteiger charge is -2.49. The third-order valence-electron chi connectivity index (χ3n) is 4.85. The van der Waals surface area contributed by atoms with Gasteiger partial charge in [-0.2, -0.15) is 4.98 Å². The van der Waals surface area contributed by atoms with Crippen LogP contribution in [-0.2, 0) is 19.2 Å². The van der Waals surface area contributed by atoms with E-state index in [4.69, 9.17) is 22.0 Å². The van der Waals surface area contributed by atoms with Crippen molar-refractivity contribution in [2.24, 2.45) is 5.16 Å². The van der Waals surface area contributed by atoms with Crippen molar-refractivity contribution in [2.75, 3.05) is 30.1 Å². The molecule has 2 aliphatic heterocycles. The van der Waals surface area contributed by atoms with Gasteiger partial charge in [-0.3, -0.25) is 14.5 Å². The molecule has 2 aliphatic rings. The lowest BCUT2D eigenvalue weighted by atomic mass is 10.0. The molecule has 2 aromatic rings. The molecular weight excluding hydrogens is 530 g/mol. The minimum atomic E-state index is -1.27. The third-order valence-corrected chi connectivity index (χ3v) is 7.55. The number of rotatable bonds is 8. The Balaban J connectivity index is 1.49. The average molecular weight is 550 g/mol. The first-order chi connectivity index (χ1) is 17.2. The fraction of sp³-hybridized carbons (Fsp3) is 0.211. The van der Waals surface area contributed by atoms with Crippen LogP contribution in [0, 0.1) is 0 Å². The quantitative estimate of drug-likeness (QED) is 0.0967. The molecule has 36 heavy (non-hydrogen) atoms. The largest absolute Gasteiger partial charge is 0.477 e. The summed E-state index contributed by atoms with van der Waals surface area (Å²) in [6.07, 6.45) is 1.58. The van der Waals surface area contributed by atoms with E-state index in [9.17, 15) is 19.5 Å². The fourth-order valence-electron chi connectivity index (χ4n) is 3.38. The normalized spacial score (nSPS) is 19.8. The van der Waals surface area contributed by atoms with E-state index in [2.05, 4.69) is 25.4 Å². The van der Waals surface area contributed by atoms with Crippen LogP contribution in [-0.4, -0.2) is 72.7 Å². The zero-order chi connectivity index (χ0) is 26.0. The minimum Gasteiger partial charge on any atom is -0.477 e. The van der Waals surface area contributed by atoms with Crippen molar-refractivity contribution in [3.8, 4) is 0 Å². The topological polar surface area (TPSA) is 225 Å². The molecule has 0 bridgehead atoms. The van der Waals surface area contributed by atoms with Gasteiger partial charge in [-0.25, -0.2) is 14.8 Å². The zero-order valence-electron chi connectivity index (χ0n) is 18.4. The maximum Gasteiger partial charge on any atom is 0.352 e. The number of aliphatic carboxylic acids is 1. The molecule has 14 nitrogen and oxygen atoms in total. The Morgan fingerprint density at radius 3 is 2.75 bits per heavy atom. The maximum absolute atomic E-state index is 12.9. The second-order valence-corrected chi connectivity index (χ2v) is 10.1. The van der Waals surface area contributed by atoms with Gasteiger partial charge in [0.2, 0.25) is 5.95 Å². The number of hydrogen-bond donors (Lipinski definition) is 5. The predicted molar refractivity (Wildman–Crippen MR) is 136 cm³/mol. The van der Waals surface area contributed by atoms with Crippen molar-refractivity contribution in [3.05, 3.63) is 39.9 Å². The molecule has 17 heteroatoms. The first kappa shape index (κ1) is 25.3. The summed E-state index contributed by atoms with van der Waals surface area (Å²) in [5.41, 5.74) is 17.2. The molecule has 0 spiro atoms. The van der Waals surface area contributed by atoms with Crippen LogP contribution in [0.4, 0.5) is 16.9 Å². The monoisotopic (exact) mass is 549 g/mol. The van der Waals surface area contributed by atoms with E-state index in [1.54, 1.807) is 11.5 Å². The lowest BCUT2D eigenvalue weighted by Crippen LogP contribution is -2.71. The number of thiazole rings is 1. The highest BCUT2D eigenvalue weighted by Crippen LogP contribution is 2.41. The number of carboxylic acid groups (broad SMARTS) is 1. The van der Waals surface area contributed by atoms with Crippen LogP contribution < -0.4 is 22.5 Å². The highest BCUT2D eigenvalue weighted by atomic mass is 32.2. The first-order valence-electron chi connectivity index (χ1n) is 9.97. The molecule has 0 aliphatic carbocycles. The summed E-state index contributed by atoms with van der Waals surface area (Å²) in [7, 11) is 1.27. The SMILES string of the molecule is CO/N=C(\C(=O)N[C@@H]1C(=O)N2C(C(=O)O)=C(/C=C/Sc3cc(N)nc(N)n3)CS[C@H]12)c1csc(N)n1. The summed E-state index contributed by atoms with van der Waals surface area (Å²) in [5.74, 6) is -2.03. The first-order valence-corrected chi connectivity index (χ1v) is 12.8. The number of thioether (sulfide) groups is 2. The van der Waals surface area contributed by atoms with Crippen molar-refractivity contribution in [1.29, 1.82) is 0 Å². The van der Waals surface area contributed by atoms with Crippen LogP contribution in [0.15, 0.2) is 44.4 Å². The number of oxime groups is 1. The van der Waals surface area contributed by atoms with E-state index >= 15 is 0 Å². The van der Waals surface area contributed by atoms with Crippen LogP contribution >= 0.6 is 34.9 Å². The van der Waals surface area contributed by atoms with Gasteiger partial charge in [0.15, 0.2) is 10.8 Å². The van der Waals surface area contributed by atoms with Crippen molar-refractivity contribution in [3.63, 3.8) is 0 Å². The second-order valence-electron chi connectivity index (χ2n) is 7.14. The van der Waals surface area contributed by atoms with Gasteiger partial charge in [0.25, 0.3) is 11.8 Å². The van der Waals surface area contributed by atoms with Crippen LogP contribution in [0.1, 0.15) is 5.69 Å². The molecule has 0 aromatic carbocycles.